The monoisotopic (exact) mass is 287 g/mol. The third-order valence-corrected chi connectivity index (χ3v) is 2.94. The van der Waals surface area contributed by atoms with Crippen molar-refractivity contribution in [1.82, 2.24) is 10.3 Å². The van der Waals surface area contributed by atoms with Crippen LogP contribution in [0.15, 0.2) is 35.1 Å². The maximum atomic E-state index is 12.3. The van der Waals surface area contributed by atoms with Gasteiger partial charge in [-0.15, -0.1) is 0 Å². The van der Waals surface area contributed by atoms with Crippen molar-refractivity contribution in [3.05, 3.63) is 57.4 Å². The summed E-state index contributed by atoms with van der Waals surface area (Å²) >= 11 is 0. The normalized spacial score (nSPS) is 10.1. The molecular formula is C14H13N3O4. The van der Waals surface area contributed by atoms with Crippen LogP contribution in [0.2, 0.25) is 0 Å². The van der Waals surface area contributed by atoms with Crippen LogP contribution in [0.3, 0.4) is 0 Å². The lowest BCUT2D eigenvalue weighted by Gasteiger charge is -2.07. The molecule has 0 spiro atoms. The first-order valence-electron chi connectivity index (χ1n) is 6.03. The highest BCUT2D eigenvalue weighted by Gasteiger charge is 2.20. The van der Waals surface area contributed by atoms with E-state index >= 15 is 0 Å². The molecule has 0 saturated heterocycles. The predicted octanol–water partition coefficient (Wildman–Crippen LogP) is 0.253. The summed E-state index contributed by atoms with van der Waals surface area (Å²) in [6.07, 6.45) is 0. The average molecular weight is 287 g/mol. The van der Waals surface area contributed by atoms with Gasteiger partial charge in [0.25, 0.3) is 11.5 Å². The lowest BCUT2D eigenvalue weighted by molar-refractivity contribution is 0.0963. The number of benzene rings is 1. The zero-order valence-corrected chi connectivity index (χ0v) is 11.1. The van der Waals surface area contributed by atoms with Crippen LogP contribution in [0, 0.1) is 0 Å². The summed E-state index contributed by atoms with van der Waals surface area (Å²) in [5.74, 6) is -1.61. The molecule has 0 aliphatic rings. The first-order chi connectivity index (χ1) is 9.95. The first-order valence-corrected chi connectivity index (χ1v) is 6.03. The van der Waals surface area contributed by atoms with E-state index in [0.29, 0.717) is 0 Å². The Morgan fingerprint density at radius 2 is 1.86 bits per heavy atom. The highest BCUT2D eigenvalue weighted by Crippen LogP contribution is 2.19. The number of carbonyl (C=O) groups is 2. The molecule has 1 amide bonds. The Balaban J connectivity index is 2.59. The van der Waals surface area contributed by atoms with Crippen LogP contribution in [0.1, 0.15) is 26.3 Å². The second-order valence-electron chi connectivity index (χ2n) is 4.26. The van der Waals surface area contributed by atoms with Gasteiger partial charge in [0.15, 0.2) is 0 Å². The highest BCUT2D eigenvalue weighted by atomic mass is 16.3. The summed E-state index contributed by atoms with van der Waals surface area (Å²) < 4.78 is 0. The van der Waals surface area contributed by atoms with Gasteiger partial charge >= 0.3 is 0 Å². The topological polar surface area (TPSA) is 125 Å². The number of anilines is 1. The fourth-order valence-electron chi connectivity index (χ4n) is 1.85. The molecular weight excluding hydrogens is 274 g/mol. The fraction of sp³-hybridized carbons (Fsp3) is 0.0714. The van der Waals surface area contributed by atoms with Crippen LogP contribution in [-0.2, 0) is 0 Å². The summed E-state index contributed by atoms with van der Waals surface area (Å²) in [5, 5.41) is 12.0. The number of aromatic nitrogens is 1. The number of nitrogens with two attached hydrogens (primary N) is 1. The van der Waals surface area contributed by atoms with Crippen LogP contribution in [0.25, 0.3) is 0 Å². The number of rotatable bonds is 3. The van der Waals surface area contributed by atoms with Gasteiger partial charge < -0.3 is 21.1 Å². The number of phenols is 1. The molecule has 0 unspecified atom stereocenters. The van der Waals surface area contributed by atoms with Crippen LogP contribution >= 0.6 is 0 Å². The molecule has 0 radical (unpaired) electrons. The lowest BCUT2D eigenvalue weighted by Crippen LogP contribution is -2.26. The number of aromatic hydroxyl groups is 1. The maximum absolute atomic E-state index is 12.3. The standard InChI is InChI=1S/C14H13N3O4/c1-16-13(20)9-6-8(14(21)17-12(9)15)11(19)7-4-2-3-5-10(7)18/h2-6,18H,1H3,(H,16,20)(H3,15,17,21). The zero-order valence-electron chi connectivity index (χ0n) is 11.1. The minimum absolute atomic E-state index is 0.0177. The molecule has 0 saturated carbocycles. The number of aromatic amines is 1. The third kappa shape index (κ3) is 2.62. The summed E-state index contributed by atoms with van der Waals surface area (Å²) in [4.78, 5) is 38.1. The molecule has 0 aliphatic heterocycles. The summed E-state index contributed by atoms with van der Waals surface area (Å²) in [5.41, 5.74) is 4.51. The van der Waals surface area contributed by atoms with Crippen LogP contribution in [0.4, 0.5) is 5.82 Å². The number of para-hydroxylation sites is 1. The molecule has 2 rings (SSSR count). The van der Waals surface area contributed by atoms with Crippen molar-refractivity contribution in [2.75, 3.05) is 12.8 Å². The number of nitrogen functional groups attached to an aromatic ring is 1. The minimum atomic E-state index is -0.728. The van der Waals surface area contributed by atoms with Gasteiger partial charge in [-0.2, -0.15) is 0 Å². The van der Waals surface area contributed by atoms with E-state index in [-0.39, 0.29) is 28.3 Å². The quantitative estimate of drug-likeness (QED) is 0.602. The smallest absolute Gasteiger partial charge is 0.260 e. The molecule has 1 aromatic carbocycles. The van der Waals surface area contributed by atoms with E-state index in [1.807, 2.05) is 0 Å². The van der Waals surface area contributed by atoms with Crippen molar-refractivity contribution in [3.63, 3.8) is 0 Å². The molecule has 0 bridgehead atoms. The number of amides is 1. The molecule has 5 N–H and O–H groups in total. The number of hydrogen-bond donors (Lipinski definition) is 4. The van der Waals surface area contributed by atoms with E-state index in [1.165, 1.54) is 19.2 Å². The Bertz CT molecular complexity index is 780. The molecule has 1 heterocycles. The second-order valence-corrected chi connectivity index (χ2v) is 4.26. The van der Waals surface area contributed by atoms with E-state index < -0.39 is 17.2 Å². The molecule has 0 atom stereocenters. The SMILES string of the molecule is CNC(=O)c1cc(C(=O)c2ccccc2O)c(=O)[nH]c1N. The van der Waals surface area contributed by atoms with Crippen molar-refractivity contribution in [2.24, 2.45) is 0 Å². The molecule has 0 aliphatic carbocycles. The molecule has 21 heavy (non-hydrogen) atoms. The van der Waals surface area contributed by atoms with Gasteiger partial charge in [-0.3, -0.25) is 14.4 Å². The lowest BCUT2D eigenvalue weighted by atomic mass is 10.0. The molecule has 7 heteroatoms. The minimum Gasteiger partial charge on any atom is -0.507 e. The van der Waals surface area contributed by atoms with Gasteiger partial charge in [0, 0.05) is 7.05 Å². The number of hydrogen-bond acceptors (Lipinski definition) is 5. The van der Waals surface area contributed by atoms with Crippen molar-refractivity contribution >= 4 is 17.5 Å². The molecule has 108 valence electrons. The Hall–Kier alpha value is -3.09. The van der Waals surface area contributed by atoms with Gasteiger partial charge in [0.1, 0.15) is 11.6 Å². The van der Waals surface area contributed by atoms with Gasteiger partial charge in [-0.1, -0.05) is 12.1 Å². The zero-order chi connectivity index (χ0) is 15.6. The average Bonchev–Trinajstić information content (AvgIpc) is 2.46. The Morgan fingerprint density at radius 3 is 2.48 bits per heavy atom. The van der Waals surface area contributed by atoms with E-state index in [9.17, 15) is 19.5 Å². The van der Waals surface area contributed by atoms with Crippen molar-refractivity contribution in [2.45, 2.75) is 0 Å². The van der Waals surface area contributed by atoms with Crippen LogP contribution < -0.4 is 16.6 Å². The largest absolute Gasteiger partial charge is 0.507 e. The van der Waals surface area contributed by atoms with Crippen molar-refractivity contribution in [1.29, 1.82) is 0 Å². The van der Waals surface area contributed by atoms with E-state index in [1.54, 1.807) is 12.1 Å². The van der Waals surface area contributed by atoms with Gasteiger partial charge in [0.05, 0.1) is 16.7 Å². The number of ketones is 1. The van der Waals surface area contributed by atoms with Gasteiger partial charge in [0.2, 0.25) is 5.78 Å². The Kier molecular flexibility index (Phi) is 3.75. The molecule has 2 aromatic rings. The predicted molar refractivity (Wildman–Crippen MR) is 76.4 cm³/mol. The highest BCUT2D eigenvalue weighted by molar-refractivity contribution is 6.12. The number of carbonyl (C=O) groups excluding carboxylic acids is 2. The molecule has 1 aromatic heterocycles. The number of pyridine rings is 1. The summed E-state index contributed by atoms with van der Waals surface area (Å²) in [6, 6.07) is 6.93. The molecule has 0 fully saturated rings. The van der Waals surface area contributed by atoms with Crippen molar-refractivity contribution < 1.29 is 14.7 Å². The Labute approximate surface area is 119 Å². The first kappa shape index (κ1) is 14.3. The summed E-state index contributed by atoms with van der Waals surface area (Å²) in [7, 11) is 1.40. The van der Waals surface area contributed by atoms with Crippen LogP contribution in [-0.4, -0.2) is 28.8 Å². The van der Waals surface area contributed by atoms with Gasteiger partial charge in [-0.05, 0) is 18.2 Å². The number of H-pyrrole nitrogens is 1. The van der Waals surface area contributed by atoms with Crippen LogP contribution in [0.5, 0.6) is 5.75 Å². The Morgan fingerprint density at radius 1 is 1.19 bits per heavy atom. The van der Waals surface area contributed by atoms with E-state index in [0.717, 1.165) is 6.07 Å². The van der Waals surface area contributed by atoms with Gasteiger partial charge in [-0.25, -0.2) is 0 Å². The van der Waals surface area contributed by atoms with Crippen molar-refractivity contribution in [3.8, 4) is 5.75 Å². The number of nitrogens with one attached hydrogen (secondary N) is 2. The number of phenolic OH excluding ortho intramolecular Hbond substituents is 1. The maximum Gasteiger partial charge on any atom is 0.260 e. The second kappa shape index (κ2) is 5.49. The molecule has 7 nitrogen and oxygen atoms in total. The van der Waals surface area contributed by atoms with E-state index in [4.69, 9.17) is 5.73 Å². The summed E-state index contributed by atoms with van der Waals surface area (Å²) in [6.45, 7) is 0. The van der Waals surface area contributed by atoms with E-state index in [2.05, 4.69) is 10.3 Å². The third-order valence-electron chi connectivity index (χ3n) is 2.94. The fourth-order valence-corrected chi connectivity index (χ4v) is 1.85.